The third-order valence-electron chi connectivity index (χ3n) is 2.35. The highest BCUT2D eigenvalue weighted by molar-refractivity contribution is 5.92. The molecule has 3 N–H and O–H groups in total. The summed E-state index contributed by atoms with van der Waals surface area (Å²) in [5, 5.41) is 2.96. The number of hydrogen-bond donors (Lipinski definition) is 2. The van der Waals surface area contributed by atoms with Crippen LogP contribution < -0.4 is 11.1 Å². The number of rotatable bonds is 6. The van der Waals surface area contributed by atoms with Crippen LogP contribution in [0.4, 0.5) is 4.39 Å². The number of hydrogen-bond acceptors (Lipinski definition) is 3. The number of benzene rings is 1. The first-order chi connectivity index (χ1) is 8.04. The summed E-state index contributed by atoms with van der Waals surface area (Å²) in [6.45, 7) is 2.76. The molecule has 1 amide bonds. The number of carbonyl (C=O) groups is 1. The summed E-state index contributed by atoms with van der Waals surface area (Å²) in [4.78, 5) is 10.8. The van der Waals surface area contributed by atoms with E-state index in [0.717, 1.165) is 6.07 Å². The Balaban J connectivity index is 2.63. The molecular weight excluding hydrogens is 223 g/mol. The van der Waals surface area contributed by atoms with E-state index >= 15 is 0 Å². The molecule has 4 nitrogen and oxygen atoms in total. The molecule has 1 aromatic rings. The van der Waals surface area contributed by atoms with Crippen molar-refractivity contribution in [3.8, 4) is 0 Å². The summed E-state index contributed by atoms with van der Waals surface area (Å²) in [5.41, 5.74) is 5.63. The van der Waals surface area contributed by atoms with Crippen molar-refractivity contribution in [2.75, 3.05) is 13.6 Å². The number of likely N-dealkylation sites (N-methyl/N-ethyl adjacent to an activating group) is 1. The van der Waals surface area contributed by atoms with Gasteiger partial charge in [0.2, 0.25) is 5.91 Å². The van der Waals surface area contributed by atoms with Gasteiger partial charge in [-0.15, -0.1) is 0 Å². The maximum Gasteiger partial charge on any atom is 0.248 e. The largest absolute Gasteiger partial charge is 0.372 e. The molecule has 1 aromatic carbocycles. The Morgan fingerprint density at radius 1 is 1.59 bits per heavy atom. The van der Waals surface area contributed by atoms with Crippen molar-refractivity contribution in [3.63, 3.8) is 0 Å². The van der Waals surface area contributed by atoms with Crippen molar-refractivity contribution in [3.05, 3.63) is 35.1 Å². The SMILES string of the molecule is CNCC(C)OCc1ccc(C(N)=O)cc1F. The zero-order valence-electron chi connectivity index (χ0n) is 10.00. The molecule has 0 saturated carbocycles. The molecule has 17 heavy (non-hydrogen) atoms. The minimum Gasteiger partial charge on any atom is -0.372 e. The van der Waals surface area contributed by atoms with Crippen molar-refractivity contribution < 1.29 is 13.9 Å². The number of carbonyl (C=O) groups excluding carboxylic acids is 1. The predicted octanol–water partition coefficient (Wildman–Crippen LogP) is 1.05. The van der Waals surface area contributed by atoms with Crippen LogP contribution in [0, 0.1) is 5.82 Å². The lowest BCUT2D eigenvalue weighted by atomic mass is 10.1. The van der Waals surface area contributed by atoms with Gasteiger partial charge in [-0.05, 0) is 26.1 Å². The molecule has 0 aliphatic rings. The zero-order valence-corrected chi connectivity index (χ0v) is 10.00. The highest BCUT2D eigenvalue weighted by Crippen LogP contribution is 2.12. The van der Waals surface area contributed by atoms with Crippen LogP contribution in [0.2, 0.25) is 0 Å². The van der Waals surface area contributed by atoms with Crippen LogP contribution in [0.1, 0.15) is 22.8 Å². The normalized spacial score (nSPS) is 12.4. The Labute approximate surface area is 100.0 Å². The van der Waals surface area contributed by atoms with Gasteiger partial charge in [0.05, 0.1) is 12.7 Å². The molecule has 0 aromatic heterocycles. The second kappa shape index (κ2) is 6.32. The molecule has 0 radical (unpaired) electrons. The van der Waals surface area contributed by atoms with Crippen LogP contribution in [-0.2, 0) is 11.3 Å². The summed E-state index contributed by atoms with van der Waals surface area (Å²) in [7, 11) is 1.82. The van der Waals surface area contributed by atoms with Crippen molar-refractivity contribution in [2.45, 2.75) is 19.6 Å². The van der Waals surface area contributed by atoms with E-state index in [-0.39, 0.29) is 18.3 Å². The molecule has 94 valence electrons. The zero-order chi connectivity index (χ0) is 12.8. The van der Waals surface area contributed by atoms with Crippen LogP contribution >= 0.6 is 0 Å². The highest BCUT2D eigenvalue weighted by Gasteiger charge is 2.08. The van der Waals surface area contributed by atoms with Crippen molar-refractivity contribution in [1.82, 2.24) is 5.32 Å². The van der Waals surface area contributed by atoms with Crippen LogP contribution in [0.25, 0.3) is 0 Å². The second-order valence-electron chi connectivity index (χ2n) is 3.85. The second-order valence-corrected chi connectivity index (χ2v) is 3.85. The van der Waals surface area contributed by atoms with Crippen molar-refractivity contribution >= 4 is 5.91 Å². The molecule has 0 bridgehead atoms. The first kappa shape index (κ1) is 13.6. The minimum atomic E-state index is -0.639. The Kier molecular flexibility index (Phi) is 5.06. The van der Waals surface area contributed by atoms with Gasteiger partial charge in [0.15, 0.2) is 0 Å². The summed E-state index contributed by atoms with van der Waals surface area (Å²) < 4.78 is 19.0. The summed E-state index contributed by atoms with van der Waals surface area (Å²) in [6.07, 6.45) is -0.00443. The van der Waals surface area contributed by atoms with Gasteiger partial charge in [-0.1, -0.05) is 6.07 Å². The van der Waals surface area contributed by atoms with Gasteiger partial charge in [-0.3, -0.25) is 4.79 Å². The van der Waals surface area contributed by atoms with Crippen molar-refractivity contribution in [2.24, 2.45) is 5.73 Å². The molecule has 0 heterocycles. The lowest BCUT2D eigenvalue weighted by Gasteiger charge is -2.13. The number of nitrogens with one attached hydrogen (secondary N) is 1. The van der Waals surface area contributed by atoms with Gasteiger partial charge in [-0.2, -0.15) is 0 Å². The fourth-order valence-electron chi connectivity index (χ4n) is 1.40. The maximum absolute atomic E-state index is 13.5. The quantitative estimate of drug-likeness (QED) is 0.781. The Morgan fingerprint density at radius 3 is 2.82 bits per heavy atom. The third kappa shape index (κ3) is 4.13. The predicted molar refractivity (Wildman–Crippen MR) is 63.1 cm³/mol. The van der Waals surface area contributed by atoms with Crippen molar-refractivity contribution in [1.29, 1.82) is 0 Å². The number of halogens is 1. The molecule has 1 unspecified atom stereocenters. The van der Waals surface area contributed by atoms with E-state index in [1.165, 1.54) is 12.1 Å². The van der Waals surface area contributed by atoms with E-state index in [2.05, 4.69) is 5.32 Å². The molecule has 5 heteroatoms. The molecule has 0 aliphatic carbocycles. The first-order valence-electron chi connectivity index (χ1n) is 5.39. The molecule has 1 atom stereocenters. The van der Waals surface area contributed by atoms with Gasteiger partial charge in [0.25, 0.3) is 0 Å². The number of nitrogens with two attached hydrogens (primary N) is 1. The van der Waals surface area contributed by atoms with E-state index < -0.39 is 11.7 Å². The van der Waals surface area contributed by atoms with E-state index in [0.29, 0.717) is 12.1 Å². The molecule has 1 rings (SSSR count). The third-order valence-corrected chi connectivity index (χ3v) is 2.35. The van der Waals surface area contributed by atoms with E-state index in [4.69, 9.17) is 10.5 Å². The lowest BCUT2D eigenvalue weighted by Crippen LogP contribution is -2.23. The smallest absolute Gasteiger partial charge is 0.248 e. The van der Waals surface area contributed by atoms with Gasteiger partial charge in [0, 0.05) is 17.7 Å². The number of primary amides is 1. The molecule has 0 fully saturated rings. The van der Waals surface area contributed by atoms with Gasteiger partial charge in [0.1, 0.15) is 5.82 Å². The van der Waals surface area contributed by atoms with Crippen LogP contribution in [0.15, 0.2) is 18.2 Å². The summed E-state index contributed by atoms with van der Waals surface area (Å²) in [5.74, 6) is -1.11. The fourth-order valence-corrected chi connectivity index (χ4v) is 1.40. The van der Waals surface area contributed by atoms with Gasteiger partial charge >= 0.3 is 0 Å². The number of amides is 1. The van der Waals surface area contributed by atoms with E-state index in [9.17, 15) is 9.18 Å². The van der Waals surface area contributed by atoms with Crippen LogP contribution in [-0.4, -0.2) is 25.6 Å². The molecule has 0 saturated heterocycles. The van der Waals surface area contributed by atoms with Gasteiger partial charge in [-0.25, -0.2) is 4.39 Å². The Hall–Kier alpha value is -1.46. The molecule has 0 aliphatic heterocycles. The lowest BCUT2D eigenvalue weighted by molar-refractivity contribution is 0.0528. The highest BCUT2D eigenvalue weighted by atomic mass is 19.1. The Bertz CT molecular complexity index is 396. The van der Waals surface area contributed by atoms with E-state index in [1.807, 2.05) is 14.0 Å². The van der Waals surface area contributed by atoms with Crippen LogP contribution in [0.5, 0.6) is 0 Å². The van der Waals surface area contributed by atoms with Gasteiger partial charge < -0.3 is 15.8 Å². The van der Waals surface area contributed by atoms with Crippen LogP contribution in [0.3, 0.4) is 0 Å². The topological polar surface area (TPSA) is 64.3 Å². The minimum absolute atomic E-state index is 0.00443. The molecule has 0 spiro atoms. The first-order valence-corrected chi connectivity index (χ1v) is 5.39. The average molecular weight is 240 g/mol. The maximum atomic E-state index is 13.5. The standard InChI is InChI=1S/C12H17FN2O2/c1-8(6-15-2)17-7-10-4-3-9(12(14)16)5-11(10)13/h3-5,8,15H,6-7H2,1-2H3,(H2,14,16). The average Bonchev–Trinajstić information content (AvgIpc) is 2.27. The summed E-state index contributed by atoms with van der Waals surface area (Å²) in [6, 6.07) is 4.14. The Morgan fingerprint density at radius 2 is 2.29 bits per heavy atom. The fraction of sp³-hybridized carbons (Fsp3) is 0.417. The summed E-state index contributed by atoms with van der Waals surface area (Å²) >= 11 is 0. The van der Waals surface area contributed by atoms with E-state index in [1.54, 1.807) is 0 Å². The molecular formula is C12H17FN2O2. The monoisotopic (exact) mass is 240 g/mol. The number of ether oxygens (including phenoxy) is 1.